The molecule has 0 heterocycles. The quantitative estimate of drug-likeness (QED) is 0.690. The van der Waals surface area contributed by atoms with Gasteiger partial charge in [0.05, 0.1) is 6.07 Å². The Morgan fingerprint density at radius 2 is 1.71 bits per heavy atom. The average Bonchev–Trinajstić information content (AvgIpc) is 2.15. The van der Waals surface area contributed by atoms with Crippen LogP contribution >= 0.6 is 0 Å². The van der Waals surface area contributed by atoms with Crippen LogP contribution in [0, 0.1) is 11.3 Å². The monoisotopic (exact) mass is 189 g/mol. The molecule has 2 nitrogen and oxygen atoms in total. The third-order valence-corrected chi connectivity index (χ3v) is 2.21. The van der Waals surface area contributed by atoms with Gasteiger partial charge in [-0.15, -0.1) is 0 Å². The van der Waals surface area contributed by atoms with Gasteiger partial charge >= 0.3 is 0 Å². The lowest BCUT2D eigenvalue weighted by Crippen LogP contribution is -2.10. The zero-order valence-electron chi connectivity index (χ0n) is 8.78. The van der Waals surface area contributed by atoms with E-state index in [-0.39, 0.29) is 5.41 Å². The van der Waals surface area contributed by atoms with E-state index < -0.39 is 6.10 Å². The van der Waals surface area contributed by atoms with Crippen LogP contribution in [0.5, 0.6) is 0 Å². The molecular formula is C12H15NO. The van der Waals surface area contributed by atoms with Gasteiger partial charge in [0, 0.05) is 0 Å². The molecule has 1 N–H and O–H groups in total. The van der Waals surface area contributed by atoms with Crippen molar-refractivity contribution in [2.24, 2.45) is 0 Å². The highest BCUT2D eigenvalue weighted by Crippen LogP contribution is 2.23. The highest BCUT2D eigenvalue weighted by Gasteiger charge is 2.13. The molecule has 2 heteroatoms. The van der Waals surface area contributed by atoms with E-state index in [2.05, 4.69) is 20.8 Å². The van der Waals surface area contributed by atoms with Crippen LogP contribution in [0.15, 0.2) is 24.3 Å². The van der Waals surface area contributed by atoms with Crippen molar-refractivity contribution in [2.75, 3.05) is 0 Å². The van der Waals surface area contributed by atoms with E-state index in [9.17, 15) is 5.11 Å². The van der Waals surface area contributed by atoms with Gasteiger partial charge in [-0.3, -0.25) is 0 Å². The van der Waals surface area contributed by atoms with Crippen molar-refractivity contribution in [3.63, 3.8) is 0 Å². The molecule has 0 aliphatic rings. The molecule has 1 rings (SSSR count). The molecule has 0 aliphatic heterocycles. The van der Waals surface area contributed by atoms with Gasteiger partial charge in [-0.25, -0.2) is 0 Å². The van der Waals surface area contributed by atoms with Crippen molar-refractivity contribution < 1.29 is 5.11 Å². The Kier molecular flexibility index (Phi) is 2.93. The summed E-state index contributed by atoms with van der Waals surface area (Å²) in [6.45, 7) is 6.38. The maximum absolute atomic E-state index is 9.26. The van der Waals surface area contributed by atoms with E-state index in [0.29, 0.717) is 5.56 Å². The summed E-state index contributed by atoms with van der Waals surface area (Å²) in [5, 5.41) is 17.8. The highest BCUT2D eigenvalue weighted by atomic mass is 16.3. The van der Waals surface area contributed by atoms with Crippen molar-refractivity contribution in [1.29, 1.82) is 5.26 Å². The predicted molar refractivity (Wildman–Crippen MR) is 55.7 cm³/mol. The Hall–Kier alpha value is -1.33. The maximum atomic E-state index is 9.26. The molecule has 0 radical (unpaired) electrons. The third-order valence-electron chi connectivity index (χ3n) is 2.21. The number of hydrogen-bond acceptors (Lipinski definition) is 2. The van der Waals surface area contributed by atoms with Gasteiger partial charge in [0.2, 0.25) is 0 Å². The summed E-state index contributed by atoms with van der Waals surface area (Å²) >= 11 is 0. The lowest BCUT2D eigenvalue weighted by Gasteiger charge is -2.19. The zero-order chi connectivity index (χ0) is 10.8. The lowest BCUT2D eigenvalue weighted by molar-refractivity contribution is 0.236. The lowest BCUT2D eigenvalue weighted by atomic mass is 9.86. The van der Waals surface area contributed by atoms with Gasteiger partial charge in [-0.1, -0.05) is 45.0 Å². The molecule has 0 amide bonds. The van der Waals surface area contributed by atoms with E-state index in [0.717, 1.165) is 0 Å². The second-order valence-electron chi connectivity index (χ2n) is 4.40. The minimum atomic E-state index is -1.01. The topological polar surface area (TPSA) is 44.0 Å². The Labute approximate surface area is 84.8 Å². The normalized spacial score (nSPS) is 13.4. The molecule has 0 spiro atoms. The van der Waals surface area contributed by atoms with Gasteiger partial charge in [0.25, 0.3) is 0 Å². The number of nitrogens with zero attached hydrogens (tertiary/aromatic N) is 1. The summed E-state index contributed by atoms with van der Waals surface area (Å²) in [6, 6.07) is 9.30. The Morgan fingerprint density at radius 3 is 2.07 bits per heavy atom. The van der Waals surface area contributed by atoms with Crippen molar-refractivity contribution in [3.8, 4) is 6.07 Å². The minimum absolute atomic E-state index is 0.107. The largest absolute Gasteiger partial charge is 0.374 e. The van der Waals surface area contributed by atoms with Crippen LogP contribution < -0.4 is 0 Å². The van der Waals surface area contributed by atoms with Crippen molar-refractivity contribution in [1.82, 2.24) is 0 Å². The zero-order valence-corrected chi connectivity index (χ0v) is 8.78. The summed E-state index contributed by atoms with van der Waals surface area (Å²) in [5.74, 6) is 0. The molecule has 1 atom stereocenters. The fourth-order valence-electron chi connectivity index (χ4n) is 1.24. The number of benzene rings is 1. The maximum Gasteiger partial charge on any atom is 0.165 e. The first kappa shape index (κ1) is 10.7. The second-order valence-corrected chi connectivity index (χ2v) is 4.40. The SMILES string of the molecule is CC(C)(C)c1ccc(C(O)C#N)cc1. The summed E-state index contributed by atoms with van der Waals surface area (Å²) in [6.07, 6.45) is -1.01. The first-order valence-corrected chi connectivity index (χ1v) is 4.63. The fraction of sp³-hybridized carbons (Fsp3) is 0.417. The van der Waals surface area contributed by atoms with Gasteiger partial charge < -0.3 is 5.11 Å². The van der Waals surface area contributed by atoms with Crippen molar-refractivity contribution in [2.45, 2.75) is 32.3 Å². The Bertz CT molecular complexity index is 340. The third kappa shape index (κ3) is 2.34. The highest BCUT2D eigenvalue weighted by molar-refractivity contribution is 5.30. The standard InChI is InChI=1S/C12H15NO/c1-12(2,3)10-6-4-9(5-7-10)11(14)8-13/h4-7,11,14H,1-3H3. The van der Waals surface area contributed by atoms with Crippen LogP contribution in [0.3, 0.4) is 0 Å². The first-order chi connectivity index (χ1) is 6.45. The minimum Gasteiger partial charge on any atom is -0.374 e. The number of aliphatic hydroxyl groups is 1. The van der Waals surface area contributed by atoms with Gasteiger partial charge in [0.1, 0.15) is 0 Å². The van der Waals surface area contributed by atoms with E-state index >= 15 is 0 Å². The Morgan fingerprint density at radius 1 is 1.21 bits per heavy atom. The van der Waals surface area contributed by atoms with Crippen LogP contribution in [0.4, 0.5) is 0 Å². The van der Waals surface area contributed by atoms with Gasteiger partial charge in [-0.05, 0) is 16.5 Å². The van der Waals surface area contributed by atoms with Crippen LogP contribution in [0.25, 0.3) is 0 Å². The molecule has 0 fully saturated rings. The summed E-state index contributed by atoms with van der Waals surface area (Å²) < 4.78 is 0. The average molecular weight is 189 g/mol. The summed E-state index contributed by atoms with van der Waals surface area (Å²) in [5.41, 5.74) is 1.96. The van der Waals surface area contributed by atoms with E-state index in [1.165, 1.54) is 5.56 Å². The molecule has 0 saturated carbocycles. The number of aliphatic hydroxyl groups excluding tert-OH is 1. The number of rotatable bonds is 1. The van der Waals surface area contributed by atoms with Crippen LogP contribution in [0.2, 0.25) is 0 Å². The summed E-state index contributed by atoms with van der Waals surface area (Å²) in [7, 11) is 0. The van der Waals surface area contributed by atoms with Crippen LogP contribution in [-0.4, -0.2) is 5.11 Å². The van der Waals surface area contributed by atoms with Gasteiger partial charge in [0.15, 0.2) is 6.10 Å². The number of hydrogen-bond donors (Lipinski definition) is 1. The van der Waals surface area contributed by atoms with Crippen LogP contribution in [-0.2, 0) is 5.41 Å². The predicted octanol–water partition coefficient (Wildman–Crippen LogP) is 2.54. The Balaban J connectivity index is 2.96. The number of nitriles is 1. The molecule has 74 valence electrons. The molecular weight excluding hydrogens is 174 g/mol. The molecule has 1 aromatic rings. The van der Waals surface area contributed by atoms with E-state index in [1.807, 2.05) is 12.1 Å². The second kappa shape index (κ2) is 3.81. The molecule has 1 unspecified atom stereocenters. The molecule has 14 heavy (non-hydrogen) atoms. The van der Waals surface area contributed by atoms with Crippen LogP contribution in [0.1, 0.15) is 38.0 Å². The van der Waals surface area contributed by atoms with E-state index in [1.54, 1.807) is 18.2 Å². The van der Waals surface area contributed by atoms with Crippen molar-refractivity contribution in [3.05, 3.63) is 35.4 Å². The molecule has 0 aromatic heterocycles. The molecule has 1 aromatic carbocycles. The van der Waals surface area contributed by atoms with Gasteiger partial charge in [-0.2, -0.15) is 5.26 Å². The molecule has 0 bridgehead atoms. The summed E-state index contributed by atoms with van der Waals surface area (Å²) in [4.78, 5) is 0. The smallest absolute Gasteiger partial charge is 0.165 e. The van der Waals surface area contributed by atoms with E-state index in [4.69, 9.17) is 5.26 Å². The fourth-order valence-corrected chi connectivity index (χ4v) is 1.24. The first-order valence-electron chi connectivity index (χ1n) is 4.63. The van der Waals surface area contributed by atoms with Crippen molar-refractivity contribution >= 4 is 0 Å². The molecule has 0 aliphatic carbocycles. The molecule has 0 saturated heterocycles.